The first kappa shape index (κ1) is 21.2. The lowest BCUT2D eigenvalue weighted by Crippen LogP contribution is -2.11. The molecule has 0 heterocycles. The first-order chi connectivity index (χ1) is 11.6. The number of carbonyl (C=O) groups excluding carboxylic acids is 1. The molecule has 0 saturated carbocycles. The van der Waals surface area contributed by atoms with E-state index in [2.05, 4.69) is 28.2 Å². The number of hydrogen-bond acceptors (Lipinski definition) is 1. The van der Waals surface area contributed by atoms with E-state index < -0.39 is 0 Å². The maximum Gasteiger partial charge on any atom is 0.224 e. The van der Waals surface area contributed by atoms with Crippen LogP contribution in [0.4, 0.5) is 5.69 Å². The second kappa shape index (κ2) is 13.5. The summed E-state index contributed by atoms with van der Waals surface area (Å²) < 4.78 is 0.954. The summed E-state index contributed by atoms with van der Waals surface area (Å²) in [5.41, 5.74) is 2.05. The second-order valence-electron chi connectivity index (χ2n) is 6.82. The van der Waals surface area contributed by atoms with Crippen LogP contribution in [0.15, 0.2) is 22.7 Å². The number of amides is 1. The maximum absolute atomic E-state index is 12.0. The first-order valence-corrected chi connectivity index (χ1v) is 10.5. The molecule has 0 spiro atoms. The predicted molar refractivity (Wildman–Crippen MR) is 109 cm³/mol. The fourth-order valence-electron chi connectivity index (χ4n) is 2.88. The molecule has 0 aliphatic carbocycles. The standard InChI is InChI=1S/C21H34BrNO/c1-3-4-5-6-7-8-9-10-11-12-13-14-21(24)23-20-16-15-18(2)17-19(20)22/h15-17H,3-14H2,1-2H3,(H,23,24). The third kappa shape index (κ3) is 10.1. The highest BCUT2D eigenvalue weighted by Crippen LogP contribution is 2.23. The normalized spacial score (nSPS) is 10.8. The lowest BCUT2D eigenvalue weighted by Gasteiger charge is -2.08. The topological polar surface area (TPSA) is 29.1 Å². The molecule has 1 N–H and O–H groups in total. The SMILES string of the molecule is CCCCCCCCCCCCCC(=O)Nc1ccc(C)cc1Br. The van der Waals surface area contributed by atoms with E-state index in [1.54, 1.807) is 0 Å². The summed E-state index contributed by atoms with van der Waals surface area (Å²) >= 11 is 3.50. The Kier molecular flexibility index (Phi) is 11.9. The van der Waals surface area contributed by atoms with Crippen LogP contribution in [0.5, 0.6) is 0 Å². The lowest BCUT2D eigenvalue weighted by molar-refractivity contribution is -0.116. The second-order valence-corrected chi connectivity index (χ2v) is 7.67. The van der Waals surface area contributed by atoms with Crippen molar-refractivity contribution < 1.29 is 4.79 Å². The zero-order valence-electron chi connectivity index (χ0n) is 15.5. The Morgan fingerprint density at radius 2 is 1.46 bits per heavy atom. The van der Waals surface area contributed by atoms with Crippen LogP contribution in [0.1, 0.15) is 89.5 Å². The molecule has 0 unspecified atom stereocenters. The largest absolute Gasteiger partial charge is 0.325 e. The van der Waals surface area contributed by atoms with Gasteiger partial charge in [-0.2, -0.15) is 0 Å². The van der Waals surface area contributed by atoms with E-state index >= 15 is 0 Å². The van der Waals surface area contributed by atoms with Crippen molar-refractivity contribution in [1.29, 1.82) is 0 Å². The van der Waals surface area contributed by atoms with E-state index in [0.29, 0.717) is 6.42 Å². The summed E-state index contributed by atoms with van der Waals surface area (Å²) in [6.07, 6.45) is 15.0. The predicted octanol–water partition coefficient (Wildman–Crippen LogP) is 7.40. The van der Waals surface area contributed by atoms with Gasteiger partial charge in [-0.3, -0.25) is 4.79 Å². The summed E-state index contributed by atoms with van der Waals surface area (Å²) in [5, 5.41) is 2.99. The molecular weight excluding hydrogens is 362 g/mol. The molecule has 1 aromatic carbocycles. The highest BCUT2D eigenvalue weighted by molar-refractivity contribution is 9.10. The summed E-state index contributed by atoms with van der Waals surface area (Å²) in [6, 6.07) is 6.00. The van der Waals surface area contributed by atoms with Crippen molar-refractivity contribution >= 4 is 27.5 Å². The number of aryl methyl sites for hydroxylation is 1. The summed E-state index contributed by atoms with van der Waals surface area (Å²) in [4.78, 5) is 12.0. The van der Waals surface area contributed by atoms with Gasteiger partial charge in [0.15, 0.2) is 0 Å². The Morgan fingerprint density at radius 3 is 2.00 bits per heavy atom. The van der Waals surface area contributed by atoms with Gasteiger partial charge in [0.05, 0.1) is 5.69 Å². The minimum atomic E-state index is 0.121. The molecule has 1 aromatic rings. The average Bonchev–Trinajstić information content (AvgIpc) is 2.55. The highest BCUT2D eigenvalue weighted by atomic mass is 79.9. The molecule has 24 heavy (non-hydrogen) atoms. The molecular formula is C21H34BrNO. The number of carbonyl (C=O) groups is 1. The van der Waals surface area contributed by atoms with E-state index in [0.717, 1.165) is 16.6 Å². The fraction of sp³-hybridized carbons (Fsp3) is 0.667. The first-order valence-electron chi connectivity index (χ1n) is 9.69. The van der Waals surface area contributed by atoms with Gasteiger partial charge in [0.2, 0.25) is 5.91 Å². The number of hydrogen-bond donors (Lipinski definition) is 1. The van der Waals surface area contributed by atoms with Crippen LogP contribution in [-0.4, -0.2) is 5.91 Å². The summed E-state index contributed by atoms with van der Waals surface area (Å²) in [5.74, 6) is 0.121. The fourth-order valence-corrected chi connectivity index (χ4v) is 3.48. The molecule has 136 valence electrons. The van der Waals surface area contributed by atoms with Gasteiger partial charge in [0.25, 0.3) is 0 Å². The van der Waals surface area contributed by atoms with Crippen LogP contribution in [0.25, 0.3) is 0 Å². The van der Waals surface area contributed by atoms with E-state index in [-0.39, 0.29) is 5.91 Å². The number of nitrogens with one attached hydrogen (secondary N) is 1. The molecule has 0 saturated heterocycles. The molecule has 0 fully saturated rings. The summed E-state index contributed by atoms with van der Waals surface area (Å²) in [6.45, 7) is 4.31. The zero-order valence-corrected chi connectivity index (χ0v) is 17.1. The summed E-state index contributed by atoms with van der Waals surface area (Å²) in [7, 11) is 0. The van der Waals surface area contributed by atoms with Crippen molar-refractivity contribution in [2.75, 3.05) is 5.32 Å². The maximum atomic E-state index is 12.0. The zero-order chi connectivity index (χ0) is 17.6. The van der Waals surface area contributed by atoms with Crippen molar-refractivity contribution in [1.82, 2.24) is 0 Å². The number of anilines is 1. The van der Waals surface area contributed by atoms with Crippen LogP contribution < -0.4 is 5.32 Å². The van der Waals surface area contributed by atoms with E-state index in [1.165, 1.54) is 69.8 Å². The third-order valence-electron chi connectivity index (χ3n) is 4.41. The number of halogens is 1. The van der Waals surface area contributed by atoms with E-state index in [9.17, 15) is 4.79 Å². The Bertz CT molecular complexity index is 473. The van der Waals surface area contributed by atoms with Gasteiger partial charge in [0.1, 0.15) is 0 Å². The van der Waals surface area contributed by atoms with Crippen LogP contribution in [0, 0.1) is 6.92 Å². The van der Waals surface area contributed by atoms with Crippen LogP contribution in [0.2, 0.25) is 0 Å². The number of benzene rings is 1. The Labute approximate surface area is 156 Å². The molecule has 2 nitrogen and oxygen atoms in total. The molecule has 0 aliphatic rings. The molecule has 0 bridgehead atoms. The van der Waals surface area contributed by atoms with E-state index in [4.69, 9.17) is 0 Å². The van der Waals surface area contributed by atoms with Crippen molar-refractivity contribution in [2.45, 2.75) is 90.9 Å². The van der Waals surface area contributed by atoms with Gasteiger partial charge in [-0.1, -0.05) is 77.2 Å². The molecule has 1 amide bonds. The van der Waals surface area contributed by atoms with Gasteiger partial charge >= 0.3 is 0 Å². The minimum absolute atomic E-state index is 0.121. The van der Waals surface area contributed by atoms with Crippen molar-refractivity contribution in [3.8, 4) is 0 Å². The lowest BCUT2D eigenvalue weighted by atomic mass is 10.1. The van der Waals surface area contributed by atoms with E-state index in [1.807, 2.05) is 25.1 Å². The molecule has 0 aliphatic heterocycles. The van der Waals surface area contributed by atoms with Gasteiger partial charge in [-0.05, 0) is 47.0 Å². The number of rotatable bonds is 13. The third-order valence-corrected chi connectivity index (χ3v) is 5.06. The Balaban J connectivity index is 1.98. The average molecular weight is 396 g/mol. The monoisotopic (exact) mass is 395 g/mol. The smallest absolute Gasteiger partial charge is 0.224 e. The quantitative estimate of drug-likeness (QED) is 0.346. The molecule has 1 rings (SSSR count). The molecule has 0 radical (unpaired) electrons. The van der Waals surface area contributed by atoms with Crippen molar-refractivity contribution in [3.05, 3.63) is 28.2 Å². The van der Waals surface area contributed by atoms with Gasteiger partial charge in [-0.15, -0.1) is 0 Å². The number of unbranched alkanes of at least 4 members (excludes halogenated alkanes) is 10. The molecule has 0 aromatic heterocycles. The van der Waals surface area contributed by atoms with Gasteiger partial charge < -0.3 is 5.32 Å². The minimum Gasteiger partial charge on any atom is -0.325 e. The highest BCUT2D eigenvalue weighted by Gasteiger charge is 2.05. The van der Waals surface area contributed by atoms with Crippen LogP contribution in [0.3, 0.4) is 0 Å². The molecule has 0 atom stereocenters. The van der Waals surface area contributed by atoms with Crippen LogP contribution >= 0.6 is 15.9 Å². The molecule has 3 heteroatoms. The van der Waals surface area contributed by atoms with Crippen LogP contribution in [-0.2, 0) is 4.79 Å². The Morgan fingerprint density at radius 1 is 0.917 bits per heavy atom. The van der Waals surface area contributed by atoms with Crippen molar-refractivity contribution in [3.63, 3.8) is 0 Å². The Hall–Kier alpha value is -0.830. The van der Waals surface area contributed by atoms with Gasteiger partial charge in [-0.25, -0.2) is 0 Å². The van der Waals surface area contributed by atoms with Crippen molar-refractivity contribution in [2.24, 2.45) is 0 Å². The van der Waals surface area contributed by atoms with Gasteiger partial charge in [0, 0.05) is 10.9 Å².